The maximum Gasteiger partial charge on any atom is 0.162 e. The van der Waals surface area contributed by atoms with Gasteiger partial charge in [0.15, 0.2) is 11.5 Å². The van der Waals surface area contributed by atoms with Crippen molar-refractivity contribution in [1.29, 1.82) is 0 Å². The molecular weight excluding hydrogens is 226 g/mol. The summed E-state index contributed by atoms with van der Waals surface area (Å²) in [5, 5.41) is 3.36. The molecule has 3 heteroatoms. The maximum absolute atomic E-state index is 5.59. The van der Waals surface area contributed by atoms with Crippen LogP contribution in [0, 0.1) is 11.8 Å². The summed E-state index contributed by atoms with van der Waals surface area (Å²) in [5.74, 6) is 7.17. The molecule has 0 amide bonds. The first kappa shape index (κ1) is 14.4. The van der Waals surface area contributed by atoms with Gasteiger partial charge in [-0.25, -0.2) is 0 Å². The van der Waals surface area contributed by atoms with Gasteiger partial charge in [0.05, 0.1) is 7.11 Å². The molecule has 18 heavy (non-hydrogen) atoms. The van der Waals surface area contributed by atoms with E-state index in [0.717, 1.165) is 31.0 Å². The van der Waals surface area contributed by atoms with Crippen LogP contribution >= 0.6 is 0 Å². The molecule has 0 aliphatic heterocycles. The third kappa shape index (κ3) is 4.68. The van der Waals surface area contributed by atoms with Gasteiger partial charge in [0, 0.05) is 6.54 Å². The van der Waals surface area contributed by atoms with Gasteiger partial charge < -0.3 is 14.8 Å². The van der Waals surface area contributed by atoms with Crippen LogP contribution in [0.4, 0.5) is 0 Å². The third-order valence-corrected chi connectivity index (χ3v) is 2.46. The number of hydrogen-bond acceptors (Lipinski definition) is 3. The zero-order valence-electron chi connectivity index (χ0n) is 11.4. The largest absolute Gasteiger partial charge is 0.493 e. The summed E-state index contributed by atoms with van der Waals surface area (Å²) in [6.07, 6.45) is 1.13. The van der Waals surface area contributed by atoms with E-state index in [4.69, 9.17) is 9.47 Å². The predicted molar refractivity (Wildman–Crippen MR) is 73.9 cm³/mol. The monoisotopic (exact) mass is 247 g/mol. The van der Waals surface area contributed by atoms with Crippen molar-refractivity contribution in [2.45, 2.75) is 26.8 Å². The Morgan fingerprint density at radius 2 is 2.11 bits per heavy atom. The van der Waals surface area contributed by atoms with E-state index in [0.29, 0.717) is 6.61 Å². The van der Waals surface area contributed by atoms with Gasteiger partial charge in [-0.15, -0.1) is 5.92 Å². The summed E-state index contributed by atoms with van der Waals surface area (Å²) >= 11 is 0. The second kappa shape index (κ2) is 8.43. The number of ether oxygens (including phenoxy) is 2. The quantitative estimate of drug-likeness (QED) is 0.593. The minimum Gasteiger partial charge on any atom is -0.493 e. The van der Waals surface area contributed by atoms with Crippen LogP contribution in [0.25, 0.3) is 0 Å². The van der Waals surface area contributed by atoms with Gasteiger partial charge in [0.2, 0.25) is 0 Å². The van der Waals surface area contributed by atoms with Crippen molar-refractivity contribution in [2.75, 3.05) is 20.3 Å². The summed E-state index contributed by atoms with van der Waals surface area (Å²) in [4.78, 5) is 0. The molecule has 0 atom stereocenters. The Morgan fingerprint density at radius 1 is 1.28 bits per heavy atom. The van der Waals surface area contributed by atoms with Gasteiger partial charge in [-0.3, -0.25) is 0 Å². The molecule has 98 valence electrons. The number of hydrogen-bond donors (Lipinski definition) is 1. The van der Waals surface area contributed by atoms with Crippen LogP contribution in [0.15, 0.2) is 18.2 Å². The van der Waals surface area contributed by atoms with E-state index in [1.165, 1.54) is 5.56 Å². The van der Waals surface area contributed by atoms with Crippen LogP contribution in [0.1, 0.15) is 25.8 Å². The molecule has 3 nitrogen and oxygen atoms in total. The lowest BCUT2D eigenvalue weighted by Gasteiger charge is -2.11. The number of rotatable bonds is 7. The van der Waals surface area contributed by atoms with Gasteiger partial charge in [-0.05, 0) is 37.6 Å². The molecule has 1 aromatic carbocycles. The SMILES string of the molecule is CC#CCOc1cc(CNCCC)ccc1OC. The van der Waals surface area contributed by atoms with Gasteiger partial charge >= 0.3 is 0 Å². The van der Waals surface area contributed by atoms with Gasteiger partial charge in [-0.1, -0.05) is 18.9 Å². The molecule has 0 unspecified atom stereocenters. The average molecular weight is 247 g/mol. The molecule has 0 aliphatic rings. The lowest BCUT2D eigenvalue weighted by Crippen LogP contribution is -2.13. The van der Waals surface area contributed by atoms with E-state index in [1.54, 1.807) is 14.0 Å². The number of benzene rings is 1. The molecule has 0 aromatic heterocycles. The molecule has 0 spiro atoms. The van der Waals surface area contributed by atoms with Crippen molar-refractivity contribution in [3.8, 4) is 23.3 Å². The normalized spacial score (nSPS) is 9.50. The van der Waals surface area contributed by atoms with Crippen LogP contribution in [0.3, 0.4) is 0 Å². The van der Waals surface area contributed by atoms with E-state index in [9.17, 15) is 0 Å². The highest BCUT2D eigenvalue weighted by Crippen LogP contribution is 2.27. The second-order valence-electron chi connectivity index (χ2n) is 3.88. The fraction of sp³-hybridized carbons (Fsp3) is 0.467. The molecule has 0 aliphatic carbocycles. The third-order valence-electron chi connectivity index (χ3n) is 2.46. The van der Waals surface area contributed by atoms with Crippen LogP contribution in [0.5, 0.6) is 11.5 Å². The lowest BCUT2D eigenvalue weighted by atomic mass is 10.2. The van der Waals surface area contributed by atoms with Crippen molar-refractivity contribution in [3.63, 3.8) is 0 Å². The lowest BCUT2D eigenvalue weighted by molar-refractivity contribution is 0.330. The summed E-state index contributed by atoms with van der Waals surface area (Å²) < 4.78 is 10.9. The Balaban J connectivity index is 2.69. The summed E-state index contributed by atoms with van der Waals surface area (Å²) in [7, 11) is 1.64. The van der Waals surface area contributed by atoms with Crippen LogP contribution in [-0.4, -0.2) is 20.3 Å². The van der Waals surface area contributed by atoms with Crippen LogP contribution in [-0.2, 0) is 6.54 Å². The topological polar surface area (TPSA) is 30.5 Å². The molecule has 0 saturated carbocycles. The average Bonchev–Trinajstić information content (AvgIpc) is 2.40. The summed E-state index contributed by atoms with van der Waals surface area (Å²) in [5.41, 5.74) is 1.18. The molecule has 1 rings (SSSR count). The highest BCUT2D eigenvalue weighted by molar-refractivity contribution is 5.43. The fourth-order valence-corrected chi connectivity index (χ4v) is 1.54. The fourth-order valence-electron chi connectivity index (χ4n) is 1.54. The zero-order valence-corrected chi connectivity index (χ0v) is 11.4. The van der Waals surface area contributed by atoms with E-state index < -0.39 is 0 Å². The second-order valence-corrected chi connectivity index (χ2v) is 3.88. The Bertz CT molecular complexity index is 418. The van der Waals surface area contributed by atoms with Crippen molar-refractivity contribution >= 4 is 0 Å². The molecule has 0 fully saturated rings. The molecule has 0 bridgehead atoms. The molecule has 1 N–H and O–H groups in total. The standard InChI is InChI=1S/C15H21NO2/c1-4-6-10-18-15-11-13(12-16-9-5-2)7-8-14(15)17-3/h7-8,11,16H,5,9-10,12H2,1-3H3. The van der Waals surface area contributed by atoms with E-state index in [-0.39, 0.29) is 0 Å². The Hall–Kier alpha value is -1.66. The number of nitrogens with one attached hydrogen (secondary N) is 1. The van der Waals surface area contributed by atoms with Crippen LogP contribution < -0.4 is 14.8 Å². The van der Waals surface area contributed by atoms with Crippen molar-refractivity contribution < 1.29 is 9.47 Å². The molecule has 0 heterocycles. The first-order valence-electron chi connectivity index (χ1n) is 6.21. The molecular formula is C15H21NO2. The van der Waals surface area contributed by atoms with E-state index in [2.05, 4.69) is 24.1 Å². The molecule has 1 aromatic rings. The predicted octanol–water partition coefficient (Wildman–Crippen LogP) is 2.60. The summed E-state index contributed by atoms with van der Waals surface area (Å²) in [6.45, 7) is 6.19. The first-order chi connectivity index (χ1) is 8.81. The Morgan fingerprint density at radius 3 is 2.78 bits per heavy atom. The minimum absolute atomic E-state index is 0.388. The maximum atomic E-state index is 5.59. The highest BCUT2D eigenvalue weighted by atomic mass is 16.5. The van der Waals surface area contributed by atoms with Crippen molar-refractivity contribution in [2.24, 2.45) is 0 Å². The first-order valence-corrected chi connectivity index (χ1v) is 6.21. The smallest absolute Gasteiger partial charge is 0.162 e. The number of methoxy groups -OCH3 is 1. The highest BCUT2D eigenvalue weighted by Gasteiger charge is 2.05. The van der Waals surface area contributed by atoms with Gasteiger partial charge in [0.25, 0.3) is 0 Å². The zero-order chi connectivity index (χ0) is 13.2. The summed E-state index contributed by atoms with van der Waals surface area (Å²) in [6, 6.07) is 5.97. The molecule has 0 radical (unpaired) electrons. The van der Waals surface area contributed by atoms with Crippen molar-refractivity contribution in [3.05, 3.63) is 23.8 Å². The molecule has 0 saturated heterocycles. The van der Waals surface area contributed by atoms with E-state index >= 15 is 0 Å². The minimum atomic E-state index is 0.388. The Labute approximate surface area is 109 Å². The van der Waals surface area contributed by atoms with Gasteiger partial charge in [0.1, 0.15) is 6.61 Å². The Kier molecular flexibility index (Phi) is 6.75. The van der Waals surface area contributed by atoms with Gasteiger partial charge in [-0.2, -0.15) is 0 Å². The van der Waals surface area contributed by atoms with Crippen LogP contribution in [0.2, 0.25) is 0 Å². The van der Waals surface area contributed by atoms with E-state index in [1.807, 2.05) is 18.2 Å². The van der Waals surface area contributed by atoms with Crippen molar-refractivity contribution in [1.82, 2.24) is 5.32 Å².